The van der Waals surface area contributed by atoms with Crippen LogP contribution in [0.25, 0.3) is 11.2 Å². The van der Waals surface area contributed by atoms with Gasteiger partial charge in [-0.1, -0.05) is 49.3 Å². The van der Waals surface area contributed by atoms with Crippen LogP contribution in [0.5, 0.6) is 6.01 Å². The summed E-state index contributed by atoms with van der Waals surface area (Å²) >= 11 is 0. The molecule has 10 heteroatoms. The quantitative estimate of drug-likeness (QED) is 0.159. The van der Waals surface area contributed by atoms with Crippen LogP contribution < -0.4 is 16.2 Å². The third kappa shape index (κ3) is 8.19. The first-order valence-corrected chi connectivity index (χ1v) is 14.7. The largest absolute Gasteiger partial charge is 0.469 e. The fraction of sp³-hybridized carbons (Fsp3) is 0.548. The number of rotatable bonds is 15. The van der Waals surface area contributed by atoms with Crippen molar-refractivity contribution in [3.05, 3.63) is 57.5 Å². The minimum absolute atomic E-state index is 0.204. The lowest BCUT2D eigenvalue weighted by Crippen LogP contribution is -2.49. The highest BCUT2D eigenvalue weighted by molar-refractivity contribution is 5.81. The Balaban J connectivity index is 1.40. The van der Waals surface area contributed by atoms with E-state index in [-0.39, 0.29) is 29.9 Å². The summed E-state index contributed by atoms with van der Waals surface area (Å²) in [5, 5.41) is 0. The zero-order chi connectivity index (χ0) is 29.4. The van der Waals surface area contributed by atoms with Gasteiger partial charge in [-0.25, -0.2) is 4.79 Å². The summed E-state index contributed by atoms with van der Waals surface area (Å²) in [4.78, 5) is 38.3. The number of carbonyl (C=O) groups excluding carboxylic acids is 1. The lowest BCUT2D eigenvalue weighted by molar-refractivity contribution is -0.139. The minimum atomic E-state index is -0.238. The molecule has 1 fully saturated rings. The average molecular weight is 565 g/mol. The third-order valence-corrected chi connectivity index (χ3v) is 7.66. The topological polar surface area (TPSA) is 128 Å². The monoisotopic (exact) mass is 564 g/mol. The Hall–Kier alpha value is -3.66. The van der Waals surface area contributed by atoms with Crippen LogP contribution in [0.15, 0.2) is 40.7 Å². The molecule has 222 valence electrons. The Kier molecular flexibility index (Phi) is 10.6. The molecular weight excluding hydrogens is 520 g/mol. The number of nitrogen functional groups attached to an aromatic ring is 1. The maximum Gasteiger partial charge on any atom is 0.327 e. The molecule has 0 aliphatic carbocycles. The molecule has 3 aromatic rings. The number of aromatic amines is 1. The number of esters is 1. The van der Waals surface area contributed by atoms with Crippen LogP contribution in [0.4, 0.5) is 5.82 Å². The molecule has 2 aromatic heterocycles. The number of hydrogen-bond donors (Lipinski definition) is 2. The predicted molar refractivity (Wildman–Crippen MR) is 161 cm³/mol. The number of carbonyl (C=O) groups is 1. The first kappa shape index (κ1) is 30.3. The molecule has 3 N–H and O–H groups in total. The smallest absolute Gasteiger partial charge is 0.327 e. The van der Waals surface area contributed by atoms with Crippen molar-refractivity contribution >= 4 is 23.0 Å². The SMILES string of the molecule is CCCCOc1nc(N)c2[nH]c(=O)n(CCCCC(=CC3CN(C(C)C)C3)Cc3ccc(CC(=O)OC)cc3)c2n1. The number of nitrogens with one attached hydrogen (secondary N) is 1. The van der Waals surface area contributed by atoms with E-state index >= 15 is 0 Å². The number of nitrogens with two attached hydrogens (primary N) is 1. The molecule has 0 amide bonds. The average Bonchev–Trinajstić information content (AvgIpc) is 3.24. The first-order chi connectivity index (χ1) is 19.8. The molecule has 1 aliphatic rings. The zero-order valence-electron chi connectivity index (χ0n) is 24.8. The van der Waals surface area contributed by atoms with Crippen LogP contribution >= 0.6 is 0 Å². The minimum Gasteiger partial charge on any atom is -0.469 e. The van der Waals surface area contributed by atoms with Gasteiger partial charge in [0.25, 0.3) is 0 Å². The summed E-state index contributed by atoms with van der Waals surface area (Å²) in [7, 11) is 1.41. The summed E-state index contributed by atoms with van der Waals surface area (Å²) in [6.45, 7) is 9.78. The van der Waals surface area contributed by atoms with Crippen LogP contribution in [-0.4, -0.2) is 63.2 Å². The summed E-state index contributed by atoms with van der Waals surface area (Å²) in [5.41, 5.74) is 10.4. The van der Waals surface area contributed by atoms with E-state index in [9.17, 15) is 9.59 Å². The Morgan fingerprint density at radius 3 is 2.49 bits per heavy atom. The molecule has 0 unspecified atom stereocenters. The van der Waals surface area contributed by atoms with E-state index < -0.39 is 0 Å². The second-order valence-electron chi connectivity index (χ2n) is 11.2. The molecule has 10 nitrogen and oxygen atoms in total. The Morgan fingerprint density at radius 2 is 1.83 bits per heavy atom. The summed E-state index contributed by atoms with van der Waals surface area (Å²) in [6, 6.07) is 8.98. The van der Waals surface area contributed by atoms with E-state index in [0.29, 0.717) is 36.3 Å². The van der Waals surface area contributed by atoms with Crippen molar-refractivity contribution < 1.29 is 14.3 Å². The highest BCUT2D eigenvalue weighted by Crippen LogP contribution is 2.25. The normalized spacial score (nSPS) is 14.5. The number of allylic oxidation sites excluding steroid dienone is 1. The molecule has 0 spiro atoms. The second kappa shape index (κ2) is 14.3. The van der Waals surface area contributed by atoms with E-state index in [1.54, 1.807) is 4.57 Å². The number of fused-ring (bicyclic) bond motifs is 1. The Bertz CT molecular complexity index is 1390. The number of likely N-dealkylation sites (tertiary alicyclic amines) is 1. The maximum atomic E-state index is 12.7. The van der Waals surface area contributed by atoms with Crippen molar-refractivity contribution in [1.82, 2.24) is 24.4 Å². The van der Waals surface area contributed by atoms with E-state index in [1.807, 2.05) is 12.1 Å². The Morgan fingerprint density at radius 1 is 1.12 bits per heavy atom. The van der Waals surface area contributed by atoms with Gasteiger partial charge in [0.1, 0.15) is 5.52 Å². The van der Waals surface area contributed by atoms with Crippen molar-refractivity contribution in [3.63, 3.8) is 0 Å². The number of imidazole rings is 1. The fourth-order valence-electron chi connectivity index (χ4n) is 5.15. The molecule has 3 heterocycles. The van der Waals surface area contributed by atoms with Crippen LogP contribution in [0, 0.1) is 5.92 Å². The van der Waals surface area contributed by atoms with Gasteiger partial charge in [-0.2, -0.15) is 9.97 Å². The molecular formula is C31H44N6O4. The van der Waals surface area contributed by atoms with Gasteiger partial charge in [-0.3, -0.25) is 14.3 Å². The third-order valence-electron chi connectivity index (χ3n) is 7.66. The maximum absolute atomic E-state index is 12.7. The molecule has 1 saturated heterocycles. The van der Waals surface area contributed by atoms with Gasteiger partial charge in [0.15, 0.2) is 11.5 Å². The number of H-pyrrole nitrogens is 1. The van der Waals surface area contributed by atoms with Crippen LogP contribution in [-0.2, 0) is 28.9 Å². The molecule has 41 heavy (non-hydrogen) atoms. The molecule has 0 atom stereocenters. The van der Waals surface area contributed by atoms with Gasteiger partial charge in [0.05, 0.1) is 20.1 Å². The summed E-state index contributed by atoms with van der Waals surface area (Å²) in [6.07, 6.45) is 8.20. The van der Waals surface area contributed by atoms with Crippen LogP contribution in [0.1, 0.15) is 64.0 Å². The number of anilines is 1. The molecule has 0 radical (unpaired) electrons. The predicted octanol–water partition coefficient (Wildman–Crippen LogP) is 4.28. The van der Waals surface area contributed by atoms with E-state index in [4.69, 9.17) is 15.2 Å². The van der Waals surface area contributed by atoms with E-state index in [2.05, 4.69) is 58.8 Å². The fourth-order valence-corrected chi connectivity index (χ4v) is 5.15. The Labute approximate surface area is 242 Å². The van der Waals surface area contributed by atoms with Crippen LogP contribution in [0.3, 0.4) is 0 Å². The molecule has 1 aromatic carbocycles. The van der Waals surface area contributed by atoms with Crippen LogP contribution in [0.2, 0.25) is 0 Å². The highest BCUT2D eigenvalue weighted by atomic mass is 16.5. The van der Waals surface area contributed by atoms with Gasteiger partial charge < -0.3 is 20.2 Å². The number of aromatic nitrogens is 4. The molecule has 0 bridgehead atoms. The number of hydrogen-bond acceptors (Lipinski definition) is 8. The molecule has 4 rings (SSSR count). The number of ether oxygens (including phenoxy) is 2. The zero-order valence-corrected chi connectivity index (χ0v) is 24.8. The number of aryl methyl sites for hydroxylation is 1. The van der Waals surface area contributed by atoms with Gasteiger partial charge in [0.2, 0.25) is 0 Å². The molecule has 1 aliphatic heterocycles. The van der Waals surface area contributed by atoms with Crippen molar-refractivity contribution in [2.24, 2.45) is 5.92 Å². The molecule has 0 saturated carbocycles. The highest BCUT2D eigenvalue weighted by Gasteiger charge is 2.27. The van der Waals surface area contributed by atoms with Crippen molar-refractivity contribution in [2.45, 2.75) is 78.3 Å². The number of methoxy groups -OCH3 is 1. The standard InChI is InChI=1S/C31H44N6O4/c1-5-6-15-41-30-34-28(32)27-29(35-30)37(31(39)33-27)14-8-7-9-24(17-25-19-36(20-25)21(2)3)16-22-10-12-23(13-11-22)18-26(38)40-4/h10-13,17,21,25H,5-9,14-16,18-20H2,1-4H3,(H,33,39)(H2,32,34,35). The number of nitrogens with zero attached hydrogens (tertiary/aromatic N) is 4. The van der Waals surface area contributed by atoms with Crippen molar-refractivity contribution in [3.8, 4) is 6.01 Å². The lowest BCUT2D eigenvalue weighted by Gasteiger charge is -2.41. The lowest BCUT2D eigenvalue weighted by atomic mass is 9.91. The number of benzene rings is 1. The number of unbranched alkanes of at least 4 members (excludes halogenated alkanes) is 2. The second-order valence-corrected chi connectivity index (χ2v) is 11.2. The van der Waals surface area contributed by atoms with Gasteiger partial charge in [-0.15, -0.1) is 0 Å². The van der Waals surface area contributed by atoms with Crippen molar-refractivity contribution in [1.29, 1.82) is 0 Å². The van der Waals surface area contributed by atoms with E-state index in [0.717, 1.165) is 57.2 Å². The van der Waals surface area contributed by atoms with Gasteiger partial charge in [0, 0.05) is 31.6 Å². The van der Waals surface area contributed by atoms with E-state index in [1.165, 1.54) is 18.2 Å². The van der Waals surface area contributed by atoms with Gasteiger partial charge in [-0.05, 0) is 57.1 Å². The summed E-state index contributed by atoms with van der Waals surface area (Å²) < 4.78 is 12.1. The first-order valence-electron chi connectivity index (χ1n) is 14.7. The van der Waals surface area contributed by atoms with Crippen molar-refractivity contribution in [2.75, 3.05) is 32.5 Å². The summed E-state index contributed by atoms with van der Waals surface area (Å²) in [5.74, 6) is 0.547. The van der Waals surface area contributed by atoms with Gasteiger partial charge >= 0.3 is 17.7 Å².